The molecule has 3 rings (SSSR count). The zero-order valence-electron chi connectivity index (χ0n) is 12.6. The molecule has 20 heavy (non-hydrogen) atoms. The molecule has 0 saturated heterocycles. The highest BCUT2D eigenvalue weighted by Gasteiger charge is 2.22. The number of hydrogen-bond donors (Lipinski definition) is 0. The van der Waals surface area contributed by atoms with Gasteiger partial charge in [0.15, 0.2) is 0 Å². The molecule has 2 aliphatic rings. The Hall–Kier alpha value is -1.82. The monoisotopic (exact) mass is 262 g/mol. The Morgan fingerprint density at radius 1 is 1.05 bits per heavy atom. The number of hydrogen-bond acceptors (Lipinski definition) is 0. The maximum atomic E-state index is 2.36. The highest BCUT2D eigenvalue weighted by molar-refractivity contribution is 5.75. The van der Waals surface area contributed by atoms with E-state index in [2.05, 4.69) is 81.5 Å². The van der Waals surface area contributed by atoms with Crippen molar-refractivity contribution in [3.05, 3.63) is 77.4 Å². The Morgan fingerprint density at radius 3 is 2.70 bits per heavy atom. The summed E-state index contributed by atoms with van der Waals surface area (Å²) in [5.41, 5.74) is 5.86. The fourth-order valence-electron chi connectivity index (χ4n) is 2.97. The molecule has 0 heteroatoms. The summed E-state index contributed by atoms with van der Waals surface area (Å²) in [5, 5.41) is 0. The van der Waals surface area contributed by atoms with Crippen LogP contribution in [0.2, 0.25) is 0 Å². The molecule has 0 bridgehead atoms. The van der Waals surface area contributed by atoms with Crippen LogP contribution in [-0.2, 0) is 5.41 Å². The molecule has 1 atom stereocenters. The van der Waals surface area contributed by atoms with Gasteiger partial charge in [0.1, 0.15) is 0 Å². The first-order valence-electron chi connectivity index (χ1n) is 7.41. The second kappa shape index (κ2) is 4.94. The number of benzene rings is 1. The minimum absolute atomic E-state index is 0.201. The second-order valence-corrected chi connectivity index (χ2v) is 6.70. The lowest BCUT2D eigenvalue weighted by Crippen LogP contribution is -2.13. The molecular weight excluding hydrogens is 240 g/mol. The highest BCUT2D eigenvalue weighted by Crippen LogP contribution is 2.38. The topological polar surface area (TPSA) is 0 Å². The molecule has 0 nitrogen and oxygen atoms in total. The zero-order valence-corrected chi connectivity index (χ0v) is 12.6. The Balaban J connectivity index is 2.01. The van der Waals surface area contributed by atoms with Crippen molar-refractivity contribution in [2.75, 3.05) is 0 Å². The van der Waals surface area contributed by atoms with Crippen LogP contribution in [0.1, 0.15) is 38.3 Å². The van der Waals surface area contributed by atoms with E-state index in [4.69, 9.17) is 0 Å². The fraction of sp³-hybridized carbons (Fsp3) is 0.300. The van der Waals surface area contributed by atoms with Crippen LogP contribution in [0.4, 0.5) is 0 Å². The molecule has 0 amide bonds. The predicted molar refractivity (Wildman–Crippen MR) is 87.6 cm³/mol. The molecule has 0 radical (unpaired) electrons. The van der Waals surface area contributed by atoms with E-state index < -0.39 is 0 Å². The first-order valence-corrected chi connectivity index (χ1v) is 7.41. The van der Waals surface area contributed by atoms with E-state index in [0.29, 0.717) is 5.92 Å². The van der Waals surface area contributed by atoms with Gasteiger partial charge in [-0.05, 0) is 34.1 Å². The van der Waals surface area contributed by atoms with Crippen LogP contribution in [-0.4, -0.2) is 0 Å². The van der Waals surface area contributed by atoms with Crippen LogP contribution in [0.15, 0.2) is 66.3 Å². The average Bonchev–Trinajstić information content (AvgIpc) is 2.46. The zero-order chi connectivity index (χ0) is 14.2. The summed E-state index contributed by atoms with van der Waals surface area (Å²) in [6.07, 6.45) is 14.5. The predicted octanol–water partition coefficient (Wildman–Crippen LogP) is 5.44. The van der Waals surface area contributed by atoms with Crippen molar-refractivity contribution in [2.24, 2.45) is 5.92 Å². The normalized spacial score (nSPS) is 21.2. The van der Waals surface area contributed by atoms with Gasteiger partial charge in [-0.3, -0.25) is 0 Å². The third kappa shape index (κ3) is 2.43. The van der Waals surface area contributed by atoms with E-state index in [-0.39, 0.29) is 5.41 Å². The maximum absolute atomic E-state index is 2.36. The molecule has 0 aliphatic heterocycles. The van der Waals surface area contributed by atoms with Gasteiger partial charge in [0.05, 0.1) is 0 Å². The van der Waals surface area contributed by atoms with Crippen LogP contribution in [0.5, 0.6) is 0 Å². The average molecular weight is 262 g/mol. The van der Waals surface area contributed by atoms with Gasteiger partial charge in [-0.25, -0.2) is 0 Å². The minimum atomic E-state index is 0.201. The molecule has 0 N–H and O–H groups in total. The molecule has 102 valence electrons. The Bertz CT molecular complexity index is 630. The van der Waals surface area contributed by atoms with Gasteiger partial charge in [-0.2, -0.15) is 0 Å². The standard InChI is InChI=1S/C20H22/c1-20(2,3)17-11-6-10-16(14-17)19-13-7-9-15-8-4-5-12-18(15)19/h4-11,13-14,18H,12H2,1-3H3. The molecule has 2 aliphatic carbocycles. The van der Waals surface area contributed by atoms with E-state index in [1.807, 2.05) is 0 Å². The summed E-state index contributed by atoms with van der Waals surface area (Å²) in [5.74, 6) is 0.528. The van der Waals surface area contributed by atoms with Crippen LogP contribution in [0, 0.1) is 5.92 Å². The van der Waals surface area contributed by atoms with Crippen LogP contribution in [0.25, 0.3) is 5.57 Å². The first-order chi connectivity index (χ1) is 9.55. The van der Waals surface area contributed by atoms with Crippen molar-refractivity contribution in [1.82, 2.24) is 0 Å². The maximum Gasteiger partial charge on any atom is 0.0130 e. The van der Waals surface area contributed by atoms with Crippen molar-refractivity contribution in [1.29, 1.82) is 0 Å². The number of rotatable bonds is 1. The minimum Gasteiger partial charge on any atom is -0.0836 e. The third-order valence-corrected chi connectivity index (χ3v) is 4.20. The smallest absolute Gasteiger partial charge is 0.0130 e. The quantitative estimate of drug-likeness (QED) is 0.632. The van der Waals surface area contributed by atoms with Gasteiger partial charge in [-0.1, -0.05) is 81.5 Å². The molecule has 0 saturated carbocycles. The van der Waals surface area contributed by atoms with Gasteiger partial charge in [0.25, 0.3) is 0 Å². The molecule has 1 unspecified atom stereocenters. The van der Waals surface area contributed by atoms with E-state index >= 15 is 0 Å². The van der Waals surface area contributed by atoms with Gasteiger partial charge >= 0.3 is 0 Å². The Labute approximate surface area is 122 Å². The lowest BCUT2D eigenvalue weighted by molar-refractivity contribution is 0.590. The number of fused-ring (bicyclic) bond motifs is 1. The highest BCUT2D eigenvalue weighted by atomic mass is 14.3. The van der Waals surface area contributed by atoms with Crippen molar-refractivity contribution in [3.63, 3.8) is 0 Å². The Morgan fingerprint density at radius 2 is 1.90 bits per heavy atom. The largest absolute Gasteiger partial charge is 0.0836 e. The summed E-state index contributed by atoms with van der Waals surface area (Å²) in [7, 11) is 0. The SMILES string of the molecule is CC(C)(C)c1cccc(C2=CC=CC3=CC=CCC32)c1. The molecule has 1 aromatic carbocycles. The molecule has 0 fully saturated rings. The van der Waals surface area contributed by atoms with Gasteiger partial charge in [0.2, 0.25) is 0 Å². The molecule has 0 spiro atoms. The fourth-order valence-corrected chi connectivity index (χ4v) is 2.97. The molecular formula is C20H22. The van der Waals surface area contributed by atoms with E-state index in [9.17, 15) is 0 Å². The van der Waals surface area contributed by atoms with Crippen molar-refractivity contribution >= 4 is 5.57 Å². The number of allylic oxidation sites excluding steroid dienone is 8. The lowest BCUT2D eigenvalue weighted by atomic mass is 9.77. The third-order valence-electron chi connectivity index (χ3n) is 4.20. The van der Waals surface area contributed by atoms with Crippen LogP contribution >= 0.6 is 0 Å². The first kappa shape index (κ1) is 13.2. The summed E-state index contributed by atoms with van der Waals surface area (Å²) >= 11 is 0. The second-order valence-electron chi connectivity index (χ2n) is 6.70. The summed E-state index contributed by atoms with van der Waals surface area (Å²) < 4.78 is 0. The molecule has 0 heterocycles. The lowest BCUT2D eigenvalue weighted by Gasteiger charge is -2.27. The van der Waals surface area contributed by atoms with Gasteiger partial charge in [0, 0.05) is 5.92 Å². The van der Waals surface area contributed by atoms with E-state index in [1.165, 1.54) is 22.3 Å². The van der Waals surface area contributed by atoms with E-state index in [1.54, 1.807) is 0 Å². The molecule has 1 aromatic rings. The summed E-state index contributed by atoms with van der Waals surface area (Å²) in [6, 6.07) is 9.04. The summed E-state index contributed by atoms with van der Waals surface area (Å²) in [4.78, 5) is 0. The summed E-state index contributed by atoms with van der Waals surface area (Å²) in [6.45, 7) is 6.82. The van der Waals surface area contributed by atoms with Gasteiger partial charge in [-0.15, -0.1) is 0 Å². The van der Waals surface area contributed by atoms with Crippen molar-refractivity contribution in [3.8, 4) is 0 Å². The van der Waals surface area contributed by atoms with E-state index in [0.717, 1.165) is 6.42 Å². The van der Waals surface area contributed by atoms with Gasteiger partial charge < -0.3 is 0 Å². The van der Waals surface area contributed by atoms with Crippen molar-refractivity contribution in [2.45, 2.75) is 32.6 Å². The Kier molecular flexibility index (Phi) is 3.25. The van der Waals surface area contributed by atoms with Crippen molar-refractivity contribution < 1.29 is 0 Å². The van der Waals surface area contributed by atoms with Crippen LogP contribution < -0.4 is 0 Å². The molecule has 0 aromatic heterocycles. The van der Waals surface area contributed by atoms with Crippen LogP contribution in [0.3, 0.4) is 0 Å².